The van der Waals surface area contributed by atoms with E-state index in [-0.39, 0.29) is 23.6 Å². The second kappa shape index (κ2) is 7.08. The van der Waals surface area contributed by atoms with E-state index in [4.69, 9.17) is 0 Å². The summed E-state index contributed by atoms with van der Waals surface area (Å²) >= 11 is 0. The molecule has 1 aromatic rings. The molecule has 0 unspecified atom stereocenters. The Morgan fingerprint density at radius 2 is 1.91 bits per heavy atom. The number of aliphatic hydroxyl groups excluding tert-OH is 1. The van der Waals surface area contributed by atoms with Gasteiger partial charge in [-0.15, -0.1) is 0 Å². The Labute approximate surface area is 133 Å². The highest BCUT2D eigenvalue weighted by Gasteiger charge is 2.39. The van der Waals surface area contributed by atoms with Gasteiger partial charge in [-0.1, -0.05) is 31.2 Å². The summed E-state index contributed by atoms with van der Waals surface area (Å²) < 4.78 is 23.2. The molecule has 6 heteroatoms. The standard InChI is InChI=1S/C16H26N2O3S/c1-4-12-5-7-13(8-6-12)15(18(2)3)9-17-14-10-22(20,21)11-16(14)19/h5-8,14-17,19H,4,9-11H2,1-3H3/p+2/t14-,15+,16-/m0/s1. The SMILES string of the molecule is CCc1ccc([C@@H](C[NH2+][C@H]2CS(=O)(=O)C[C@@H]2O)[NH+](C)C)cc1. The van der Waals surface area contributed by atoms with E-state index in [2.05, 4.69) is 45.3 Å². The normalized spacial score (nSPS) is 25.5. The minimum absolute atomic E-state index is 0.0818. The molecular formula is C16H28N2O3S+2. The van der Waals surface area contributed by atoms with Crippen LogP contribution in [-0.2, 0) is 16.3 Å². The molecule has 0 bridgehead atoms. The molecule has 0 aliphatic carbocycles. The van der Waals surface area contributed by atoms with Crippen LogP contribution in [0.15, 0.2) is 24.3 Å². The lowest BCUT2D eigenvalue weighted by atomic mass is 10.0. The van der Waals surface area contributed by atoms with Gasteiger partial charge in [0.25, 0.3) is 0 Å². The van der Waals surface area contributed by atoms with Crippen LogP contribution in [0.2, 0.25) is 0 Å². The molecule has 124 valence electrons. The fourth-order valence-corrected chi connectivity index (χ4v) is 4.93. The number of hydrogen-bond donors (Lipinski definition) is 3. The third kappa shape index (κ3) is 4.29. The van der Waals surface area contributed by atoms with Crippen LogP contribution in [0, 0.1) is 0 Å². The topological polar surface area (TPSA) is 75.4 Å². The van der Waals surface area contributed by atoms with Gasteiger partial charge in [0, 0.05) is 5.56 Å². The number of likely N-dealkylation sites (N-methyl/N-ethyl adjacent to an activating group) is 1. The molecule has 1 aliphatic heterocycles. The van der Waals surface area contributed by atoms with Crippen LogP contribution in [0.25, 0.3) is 0 Å². The molecule has 22 heavy (non-hydrogen) atoms. The van der Waals surface area contributed by atoms with Crippen molar-refractivity contribution in [3.8, 4) is 0 Å². The van der Waals surface area contributed by atoms with Crippen molar-refractivity contribution in [1.82, 2.24) is 0 Å². The molecule has 5 nitrogen and oxygen atoms in total. The second-order valence-electron chi connectivity index (χ2n) is 6.50. The predicted molar refractivity (Wildman–Crippen MR) is 86.6 cm³/mol. The van der Waals surface area contributed by atoms with E-state index < -0.39 is 15.9 Å². The largest absolute Gasteiger partial charge is 0.386 e. The summed E-state index contributed by atoms with van der Waals surface area (Å²) in [6.45, 7) is 2.91. The number of nitrogens with one attached hydrogen (secondary N) is 1. The van der Waals surface area contributed by atoms with Gasteiger partial charge in [-0.2, -0.15) is 0 Å². The molecule has 0 amide bonds. The van der Waals surface area contributed by atoms with Gasteiger partial charge in [0.2, 0.25) is 0 Å². The fourth-order valence-electron chi connectivity index (χ4n) is 3.08. The molecule has 0 saturated carbocycles. The number of sulfone groups is 1. The number of benzene rings is 1. The molecule has 0 aromatic heterocycles. The maximum absolute atomic E-state index is 11.6. The van der Waals surface area contributed by atoms with Crippen molar-refractivity contribution in [3.63, 3.8) is 0 Å². The monoisotopic (exact) mass is 328 g/mol. The van der Waals surface area contributed by atoms with E-state index >= 15 is 0 Å². The number of quaternary nitrogens is 2. The third-order valence-electron chi connectivity index (χ3n) is 4.53. The summed E-state index contributed by atoms with van der Waals surface area (Å²) in [6, 6.07) is 8.67. The molecule has 1 aromatic carbocycles. The van der Waals surface area contributed by atoms with Gasteiger partial charge < -0.3 is 15.3 Å². The average molecular weight is 328 g/mol. The maximum Gasteiger partial charge on any atom is 0.162 e. The Kier molecular flexibility index (Phi) is 5.60. The molecule has 1 aliphatic rings. The highest BCUT2D eigenvalue weighted by Crippen LogP contribution is 2.12. The number of rotatable bonds is 6. The van der Waals surface area contributed by atoms with Crippen molar-refractivity contribution in [1.29, 1.82) is 0 Å². The second-order valence-corrected chi connectivity index (χ2v) is 8.66. The van der Waals surface area contributed by atoms with Crippen LogP contribution in [0.5, 0.6) is 0 Å². The zero-order chi connectivity index (χ0) is 16.3. The van der Waals surface area contributed by atoms with Crippen LogP contribution in [0.1, 0.15) is 24.1 Å². The van der Waals surface area contributed by atoms with Crippen LogP contribution >= 0.6 is 0 Å². The predicted octanol–water partition coefficient (Wildman–Crippen LogP) is -1.84. The first-order chi connectivity index (χ1) is 10.3. The molecule has 4 N–H and O–H groups in total. The zero-order valence-electron chi connectivity index (χ0n) is 13.6. The van der Waals surface area contributed by atoms with Crippen LogP contribution < -0.4 is 10.2 Å². The lowest BCUT2D eigenvalue weighted by molar-refractivity contribution is -0.911. The van der Waals surface area contributed by atoms with Crippen LogP contribution in [0.4, 0.5) is 0 Å². The molecule has 1 fully saturated rings. The molecule has 0 spiro atoms. The van der Waals surface area contributed by atoms with Gasteiger partial charge in [-0.3, -0.25) is 0 Å². The van der Waals surface area contributed by atoms with Gasteiger partial charge in [0.15, 0.2) is 15.9 Å². The first kappa shape index (κ1) is 17.4. The Bertz CT molecular complexity index is 584. The summed E-state index contributed by atoms with van der Waals surface area (Å²) in [5.74, 6) is -0.0166. The fraction of sp³-hybridized carbons (Fsp3) is 0.625. The summed E-state index contributed by atoms with van der Waals surface area (Å²) in [6.07, 6.45) is 0.281. The van der Waals surface area contributed by atoms with Crippen LogP contribution in [-0.4, -0.2) is 57.8 Å². The minimum Gasteiger partial charge on any atom is -0.386 e. The zero-order valence-corrected chi connectivity index (χ0v) is 14.4. The molecule has 1 heterocycles. The van der Waals surface area contributed by atoms with Gasteiger partial charge in [-0.25, -0.2) is 8.42 Å². The highest BCUT2D eigenvalue weighted by molar-refractivity contribution is 7.91. The summed E-state index contributed by atoms with van der Waals surface area (Å²) in [5, 5.41) is 11.9. The quantitative estimate of drug-likeness (QED) is 0.574. The number of nitrogens with two attached hydrogens (primary N) is 1. The Hall–Kier alpha value is -0.950. The lowest BCUT2D eigenvalue weighted by Crippen LogP contribution is -3.10. The summed E-state index contributed by atoms with van der Waals surface area (Å²) in [7, 11) is 1.14. The maximum atomic E-state index is 11.6. The minimum atomic E-state index is -3.07. The average Bonchev–Trinajstić information content (AvgIpc) is 2.72. The first-order valence-electron chi connectivity index (χ1n) is 7.93. The molecular weight excluding hydrogens is 300 g/mol. The molecule has 3 atom stereocenters. The summed E-state index contributed by atoms with van der Waals surface area (Å²) in [5.41, 5.74) is 2.57. The smallest absolute Gasteiger partial charge is 0.162 e. The van der Waals surface area contributed by atoms with Gasteiger partial charge in [0.05, 0.1) is 19.8 Å². The van der Waals surface area contributed by atoms with Crippen molar-refractivity contribution >= 4 is 9.84 Å². The number of aliphatic hydroxyl groups is 1. The van der Waals surface area contributed by atoms with Gasteiger partial charge in [0.1, 0.15) is 24.4 Å². The lowest BCUT2D eigenvalue weighted by Gasteiger charge is -2.22. The molecule has 1 saturated heterocycles. The van der Waals surface area contributed by atoms with E-state index in [9.17, 15) is 13.5 Å². The van der Waals surface area contributed by atoms with Gasteiger partial charge in [-0.05, 0) is 12.0 Å². The Morgan fingerprint density at radius 1 is 1.27 bits per heavy atom. The third-order valence-corrected chi connectivity index (χ3v) is 6.27. The van der Waals surface area contributed by atoms with Crippen molar-refractivity contribution in [3.05, 3.63) is 35.4 Å². The van der Waals surface area contributed by atoms with Crippen LogP contribution in [0.3, 0.4) is 0 Å². The number of aryl methyl sites for hydroxylation is 1. The van der Waals surface area contributed by atoms with E-state index in [1.54, 1.807) is 0 Å². The van der Waals surface area contributed by atoms with Crippen molar-refractivity contribution in [2.45, 2.75) is 31.5 Å². The Morgan fingerprint density at radius 3 is 2.36 bits per heavy atom. The van der Waals surface area contributed by atoms with E-state index in [1.807, 2.05) is 5.32 Å². The van der Waals surface area contributed by atoms with Crippen molar-refractivity contribution in [2.24, 2.45) is 0 Å². The number of hydrogen-bond acceptors (Lipinski definition) is 3. The summed E-state index contributed by atoms with van der Waals surface area (Å²) in [4.78, 5) is 1.30. The first-order valence-corrected chi connectivity index (χ1v) is 9.75. The highest BCUT2D eigenvalue weighted by atomic mass is 32.2. The molecule has 0 radical (unpaired) electrons. The van der Waals surface area contributed by atoms with E-state index in [0.717, 1.165) is 13.0 Å². The van der Waals surface area contributed by atoms with Crippen molar-refractivity contribution < 1.29 is 23.7 Å². The molecule has 2 rings (SSSR count). The van der Waals surface area contributed by atoms with E-state index in [1.165, 1.54) is 16.0 Å². The van der Waals surface area contributed by atoms with Crippen molar-refractivity contribution in [2.75, 3.05) is 32.1 Å². The van der Waals surface area contributed by atoms with E-state index in [0.29, 0.717) is 0 Å². The van der Waals surface area contributed by atoms with Gasteiger partial charge >= 0.3 is 0 Å². The Balaban J connectivity index is 2.03.